The van der Waals surface area contributed by atoms with Crippen LogP contribution >= 0.6 is 12.2 Å². The zero-order valence-electron chi connectivity index (χ0n) is 12.0. The molecule has 0 unspecified atom stereocenters. The van der Waals surface area contributed by atoms with Crippen LogP contribution in [0.5, 0.6) is 0 Å². The van der Waals surface area contributed by atoms with Gasteiger partial charge in [-0.1, -0.05) is 17.7 Å². The molecule has 1 aliphatic heterocycles. The van der Waals surface area contributed by atoms with Gasteiger partial charge in [-0.25, -0.2) is 0 Å². The van der Waals surface area contributed by atoms with Crippen molar-refractivity contribution < 1.29 is 4.90 Å². The van der Waals surface area contributed by atoms with Gasteiger partial charge in [-0.05, 0) is 48.1 Å². The minimum Gasteiger partial charge on any atom is -0.316 e. The topological polar surface area (TPSA) is 40.1 Å². The molecule has 0 aliphatic carbocycles. The molecular formula is C14H20N5S+. The van der Waals surface area contributed by atoms with E-state index in [2.05, 4.69) is 42.5 Å². The number of aromatic nitrogens is 4. The standard InChI is InChI=1S/C14H19N5S/c1-11-5-6-13(12(2)9-11)19-14(20)18(15-16-19)10-17-7-3-4-8-17/h5-6,9H,3-4,7-8,10H2,1-2H3/p+1. The number of nitrogens with zero attached hydrogens (tertiary/aromatic N) is 4. The average Bonchev–Trinajstić information content (AvgIpc) is 3.03. The third kappa shape index (κ3) is 2.53. The first-order chi connectivity index (χ1) is 9.65. The zero-order valence-corrected chi connectivity index (χ0v) is 12.8. The van der Waals surface area contributed by atoms with Crippen molar-refractivity contribution in [2.24, 2.45) is 0 Å². The summed E-state index contributed by atoms with van der Waals surface area (Å²) in [5.74, 6) is 0. The SMILES string of the molecule is Cc1ccc(-n2nnn(C[NH+]3CCCC3)c2=S)c(C)c1. The van der Waals surface area contributed by atoms with Crippen LogP contribution in [-0.2, 0) is 6.67 Å². The summed E-state index contributed by atoms with van der Waals surface area (Å²) in [7, 11) is 0. The summed E-state index contributed by atoms with van der Waals surface area (Å²) in [5.41, 5.74) is 3.43. The van der Waals surface area contributed by atoms with Gasteiger partial charge in [0.2, 0.25) is 4.77 Å². The van der Waals surface area contributed by atoms with Crippen molar-refractivity contribution >= 4 is 12.2 Å². The maximum atomic E-state index is 5.52. The van der Waals surface area contributed by atoms with E-state index in [4.69, 9.17) is 12.2 Å². The van der Waals surface area contributed by atoms with Gasteiger partial charge >= 0.3 is 0 Å². The Morgan fingerprint density at radius 3 is 2.65 bits per heavy atom. The highest BCUT2D eigenvalue weighted by molar-refractivity contribution is 7.71. The average molecular weight is 290 g/mol. The normalized spacial score (nSPS) is 15.9. The lowest BCUT2D eigenvalue weighted by Crippen LogP contribution is -3.09. The minimum atomic E-state index is 0.677. The van der Waals surface area contributed by atoms with Crippen molar-refractivity contribution in [2.75, 3.05) is 13.1 Å². The highest BCUT2D eigenvalue weighted by atomic mass is 32.1. The molecule has 0 atom stereocenters. The summed E-state index contributed by atoms with van der Waals surface area (Å²) in [5, 5.41) is 8.45. The predicted molar refractivity (Wildman–Crippen MR) is 79.6 cm³/mol. The highest BCUT2D eigenvalue weighted by Gasteiger charge is 2.17. The number of likely N-dealkylation sites (tertiary alicyclic amines) is 1. The van der Waals surface area contributed by atoms with Gasteiger partial charge in [-0.2, -0.15) is 9.36 Å². The molecule has 2 heterocycles. The molecule has 3 rings (SSSR count). The lowest BCUT2D eigenvalue weighted by atomic mass is 10.1. The number of rotatable bonds is 3. The summed E-state index contributed by atoms with van der Waals surface area (Å²) in [6.07, 6.45) is 2.60. The molecule has 5 nitrogen and oxygen atoms in total. The van der Waals surface area contributed by atoms with Gasteiger partial charge in [0, 0.05) is 12.8 Å². The summed E-state index contributed by atoms with van der Waals surface area (Å²) in [6.45, 7) is 7.40. The molecule has 106 valence electrons. The molecular weight excluding hydrogens is 270 g/mol. The maximum Gasteiger partial charge on any atom is 0.225 e. The van der Waals surface area contributed by atoms with Gasteiger partial charge in [-0.15, -0.1) is 0 Å². The van der Waals surface area contributed by atoms with Crippen LogP contribution in [0.4, 0.5) is 0 Å². The molecule has 1 aliphatic rings. The third-order valence-electron chi connectivity index (χ3n) is 3.90. The lowest BCUT2D eigenvalue weighted by Gasteiger charge is -2.10. The number of aryl methyl sites for hydroxylation is 2. The number of nitrogens with one attached hydrogen (secondary N) is 1. The zero-order chi connectivity index (χ0) is 14.1. The summed E-state index contributed by atoms with van der Waals surface area (Å²) in [6, 6.07) is 6.28. The van der Waals surface area contributed by atoms with Crippen molar-refractivity contribution in [1.82, 2.24) is 19.8 Å². The molecule has 0 radical (unpaired) electrons. The van der Waals surface area contributed by atoms with E-state index in [1.165, 1.54) is 42.0 Å². The van der Waals surface area contributed by atoms with Crippen molar-refractivity contribution in [3.63, 3.8) is 0 Å². The second kappa shape index (κ2) is 5.46. The Kier molecular flexibility index (Phi) is 3.67. The van der Waals surface area contributed by atoms with E-state index in [1.807, 2.05) is 4.68 Å². The molecule has 1 aromatic carbocycles. The van der Waals surface area contributed by atoms with E-state index in [-0.39, 0.29) is 0 Å². The number of hydrogen-bond acceptors (Lipinski definition) is 3. The first-order valence-corrected chi connectivity index (χ1v) is 7.50. The monoisotopic (exact) mass is 290 g/mol. The van der Waals surface area contributed by atoms with Gasteiger partial charge in [0.15, 0.2) is 6.67 Å². The Bertz CT molecular complexity index is 666. The highest BCUT2D eigenvalue weighted by Crippen LogP contribution is 2.14. The van der Waals surface area contributed by atoms with Crippen LogP contribution in [0, 0.1) is 18.6 Å². The van der Waals surface area contributed by atoms with Crippen molar-refractivity contribution in [1.29, 1.82) is 0 Å². The smallest absolute Gasteiger partial charge is 0.225 e. The molecule has 1 saturated heterocycles. The first-order valence-electron chi connectivity index (χ1n) is 7.09. The Morgan fingerprint density at radius 1 is 1.20 bits per heavy atom. The van der Waals surface area contributed by atoms with Crippen LogP contribution in [0.3, 0.4) is 0 Å². The van der Waals surface area contributed by atoms with E-state index >= 15 is 0 Å². The van der Waals surface area contributed by atoms with Crippen molar-refractivity contribution in [2.45, 2.75) is 33.4 Å². The second-order valence-electron chi connectivity index (χ2n) is 5.58. The third-order valence-corrected chi connectivity index (χ3v) is 4.29. The van der Waals surface area contributed by atoms with Crippen molar-refractivity contribution in [3.05, 3.63) is 34.1 Å². The number of quaternary nitrogens is 1. The van der Waals surface area contributed by atoms with Crippen LogP contribution in [-0.4, -0.2) is 32.9 Å². The quantitative estimate of drug-likeness (QED) is 0.859. The Morgan fingerprint density at radius 2 is 1.95 bits per heavy atom. The van der Waals surface area contributed by atoms with Crippen LogP contribution in [0.25, 0.3) is 5.69 Å². The second-order valence-corrected chi connectivity index (χ2v) is 5.94. The molecule has 6 heteroatoms. The van der Waals surface area contributed by atoms with Gasteiger partial charge in [0.05, 0.1) is 18.8 Å². The summed E-state index contributed by atoms with van der Waals surface area (Å²) >= 11 is 5.52. The Hall–Kier alpha value is -1.53. The molecule has 0 spiro atoms. The number of tetrazole rings is 1. The summed E-state index contributed by atoms with van der Waals surface area (Å²) < 4.78 is 4.28. The van der Waals surface area contributed by atoms with E-state index in [0.717, 1.165) is 12.4 Å². The van der Waals surface area contributed by atoms with E-state index in [0.29, 0.717) is 4.77 Å². The number of benzene rings is 1. The van der Waals surface area contributed by atoms with Crippen LogP contribution in [0.1, 0.15) is 24.0 Å². The van der Waals surface area contributed by atoms with E-state index < -0.39 is 0 Å². The molecule has 2 aromatic rings. The molecule has 20 heavy (non-hydrogen) atoms. The van der Waals surface area contributed by atoms with Gasteiger partial charge in [-0.3, -0.25) is 0 Å². The minimum absolute atomic E-state index is 0.677. The van der Waals surface area contributed by atoms with E-state index in [9.17, 15) is 0 Å². The van der Waals surface area contributed by atoms with Crippen LogP contribution in [0.15, 0.2) is 18.2 Å². The fraction of sp³-hybridized carbons (Fsp3) is 0.500. The lowest BCUT2D eigenvalue weighted by molar-refractivity contribution is -0.911. The van der Waals surface area contributed by atoms with Gasteiger partial charge < -0.3 is 4.90 Å². The fourth-order valence-corrected chi connectivity index (χ4v) is 3.05. The number of hydrogen-bond donors (Lipinski definition) is 1. The molecule has 1 N–H and O–H groups in total. The van der Waals surface area contributed by atoms with Crippen molar-refractivity contribution in [3.8, 4) is 5.69 Å². The predicted octanol–water partition coefficient (Wildman–Crippen LogP) is 1.05. The Labute approximate surface area is 123 Å². The summed E-state index contributed by atoms with van der Waals surface area (Å²) in [4.78, 5) is 1.54. The maximum absolute atomic E-state index is 5.52. The molecule has 1 fully saturated rings. The molecule has 0 saturated carbocycles. The molecule has 0 bridgehead atoms. The van der Waals surface area contributed by atoms with Crippen LogP contribution < -0.4 is 4.90 Å². The first kappa shape index (κ1) is 13.5. The fourth-order valence-electron chi connectivity index (χ4n) is 2.81. The Balaban J connectivity index is 1.91. The molecule has 0 amide bonds. The molecule has 1 aromatic heterocycles. The van der Waals surface area contributed by atoms with Crippen LogP contribution in [0.2, 0.25) is 0 Å². The largest absolute Gasteiger partial charge is 0.316 e. The van der Waals surface area contributed by atoms with Gasteiger partial charge in [0.25, 0.3) is 0 Å². The van der Waals surface area contributed by atoms with Gasteiger partial charge in [0.1, 0.15) is 0 Å². The van der Waals surface area contributed by atoms with E-state index in [1.54, 1.807) is 4.68 Å².